The summed E-state index contributed by atoms with van der Waals surface area (Å²) in [6.07, 6.45) is 1.01. The number of anilines is 1. The summed E-state index contributed by atoms with van der Waals surface area (Å²) in [4.78, 5) is 0. The van der Waals surface area contributed by atoms with Crippen molar-refractivity contribution in [3.8, 4) is 5.75 Å². The first-order chi connectivity index (χ1) is 6.83. The maximum absolute atomic E-state index is 5.62. The number of fused-ring (bicyclic) bond motifs is 1. The van der Waals surface area contributed by atoms with E-state index >= 15 is 0 Å². The number of benzene rings is 1. The van der Waals surface area contributed by atoms with E-state index in [-0.39, 0.29) is 0 Å². The van der Waals surface area contributed by atoms with Crippen LogP contribution in [0.25, 0.3) is 0 Å². The molecule has 14 heavy (non-hydrogen) atoms. The van der Waals surface area contributed by atoms with E-state index in [4.69, 9.17) is 10.5 Å². The molecule has 0 aliphatic carbocycles. The largest absolute Gasteiger partial charge is 0.494 e. The average molecular weight is 192 g/mol. The monoisotopic (exact) mass is 192 g/mol. The van der Waals surface area contributed by atoms with Gasteiger partial charge in [0.1, 0.15) is 5.75 Å². The van der Waals surface area contributed by atoms with E-state index in [1.165, 1.54) is 11.3 Å². The van der Waals surface area contributed by atoms with Crippen LogP contribution in [0.15, 0.2) is 18.2 Å². The summed E-state index contributed by atoms with van der Waals surface area (Å²) in [6, 6.07) is 6.55. The Morgan fingerprint density at radius 3 is 3.14 bits per heavy atom. The molecule has 2 rings (SSSR count). The van der Waals surface area contributed by atoms with Gasteiger partial charge in [0.2, 0.25) is 0 Å². The molecule has 1 aromatic rings. The van der Waals surface area contributed by atoms with Crippen molar-refractivity contribution in [2.75, 3.05) is 18.5 Å². The normalized spacial score (nSPS) is 18.9. The first kappa shape index (κ1) is 9.34. The second-order valence-corrected chi connectivity index (χ2v) is 3.53. The van der Waals surface area contributed by atoms with Gasteiger partial charge in [0, 0.05) is 18.3 Å². The van der Waals surface area contributed by atoms with Crippen LogP contribution in [0.1, 0.15) is 12.5 Å². The minimum atomic E-state index is 0.391. The number of rotatable bonds is 3. The first-order valence-corrected chi connectivity index (χ1v) is 5.05. The standard InChI is InChI=1S/C11H16N2O/c1-2-14-10-3-4-11-8(6-10)5-9(7-12)13-11/h3-4,6,9,13H,2,5,7,12H2,1H3. The quantitative estimate of drug-likeness (QED) is 0.760. The molecule has 0 aromatic heterocycles. The van der Waals surface area contributed by atoms with Gasteiger partial charge in [-0.05, 0) is 37.1 Å². The molecular weight excluding hydrogens is 176 g/mol. The Balaban J connectivity index is 2.17. The Kier molecular flexibility index (Phi) is 2.59. The van der Waals surface area contributed by atoms with Crippen molar-refractivity contribution in [1.82, 2.24) is 0 Å². The van der Waals surface area contributed by atoms with Gasteiger partial charge in [0.15, 0.2) is 0 Å². The first-order valence-electron chi connectivity index (χ1n) is 5.05. The van der Waals surface area contributed by atoms with Crippen molar-refractivity contribution in [2.24, 2.45) is 5.73 Å². The molecule has 1 heterocycles. The number of nitrogens with two attached hydrogens (primary N) is 1. The molecule has 3 N–H and O–H groups in total. The molecule has 3 heteroatoms. The van der Waals surface area contributed by atoms with E-state index in [9.17, 15) is 0 Å². The molecule has 3 nitrogen and oxygen atoms in total. The Morgan fingerprint density at radius 2 is 2.43 bits per heavy atom. The summed E-state index contributed by atoms with van der Waals surface area (Å²) < 4.78 is 5.44. The van der Waals surface area contributed by atoms with Crippen LogP contribution in [0.3, 0.4) is 0 Å². The Morgan fingerprint density at radius 1 is 1.57 bits per heavy atom. The van der Waals surface area contributed by atoms with Crippen LogP contribution in [-0.2, 0) is 6.42 Å². The third kappa shape index (κ3) is 1.68. The zero-order chi connectivity index (χ0) is 9.97. The summed E-state index contributed by atoms with van der Waals surface area (Å²) in [5, 5.41) is 3.37. The summed E-state index contributed by atoms with van der Waals surface area (Å²) in [5.74, 6) is 0.950. The van der Waals surface area contributed by atoms with Crippen LogP contribution in [-0.4, -0.2) is 19.2 Å². The van der Waals surface area contributed by atoms with Crippen LogP contribution in [0.4, 0.5) is 5.69 Å². The van der Waals surface area contributed by atoms with Crippen molar-refractivity contribution in [3.05, 3.63) is 23.8 Å². The van der Waals surface area contributed by atoms with Crippen molar-refractivity contribution in [2.45, 2.75) is 19.4 Å². The SMILES string of the molecule is CCOc1ccc2c(c1)CC(CN)N2. The van der Waals surface area contributed by atoms with Crippen LogP contribution in [0.5, 0.6) is 5.75 Å². The molecule has 0 radical (unpaired) electrons. The fraction of sp³-hybridized carbons (Fsp3) is 0.455. The Labute approximate surface area is 84.3 Å². The zero-order valence-corrected chi connectivity index (χ0v) is 8.42. The topological polar surface area (TPSA) is 47.3 Å². The summed E-state index contributed by atoms with van der Waals surface area (Å²) >= 11 is 0. The molecular formula is C11H16N2O. The lowest BCUT2D eigenvalue weighted by atomic mass is 10.1. The second-order valence-electron chi connectivity index (χ2n) is 3.53. The lowest BCUT2D eigenvalue weighted by Gasteiger charge is -2.06. The van der Waals surface area contributed by atoms with Crippen LogP contribution in [0, 0.1) is 0 Å². The second kappa shape index (κ2) is 3.88. The van der Waals surface area contributed by atoms with Crippen molar-refractivity contribution >= 4 is 5.69 Å². The highest BCUT2D eigenvalue weighted by molar-refractivity contribution is 5.59. The van der Waals surface area contributed by atoms with Gasteiger partial charge in [0.05, 0.1) is 6.61 Å². The molecule has 0 amide bonds. The molecule has 0 bridgehead atoms. The van der Waals surface area contributed by atoms with E-state index < -0.39 is 0 Å². The molecule has 1 aromatic carbocycles. The summed E-state index contributed by atoms with van der Waals surface area (Å²) in [5.41, 5.74) is 8.13. The molecule has 0 saturated carbocycles. The summed E-state index contributed by atoms with van der Waals surface area (Å²) in [6.45, 7) is 3.39. The lowest BCUT2D eigenvalue weighted by Crippen LogP contribution is -2.25. The lowest BCUT2D eigenvalue weighted by molar-refractivity contribution is 0.340. The van der Waals surface area contributed by atoms with Gasteiger partial charge in [-0.2, -0.15) is 0 Å². The fourth-order valence-corrected chi connectivity index (χ4v) is 1.81. The predicted molar refractivity (Wildman–Crippen MR) is 57.8 cm³/mol. The molecule has 1 aliphatic rings. The van der Waals surface area contributed by atoms with Gasteiger partial charge < -0.3 is 15.8 Å². The highest BCUT2D eigenvalue weighted by atomic mass is 16.5. The third-order valence-corrected chi connectivity index (χ3v) is 2.50. The molecule has 0 saturated heterocycles. The minimum absolute atomic E-state index is 0.391. The molecule has 1 unspecified atom stereocenters. The maximum Gasteiger partial charge on any atom is 0.119 e. The highest BCUT2D eigenvalue weighted by Gasteiger charge is 2.19. The van der Waals surface area contributed by atoms with Gasteiger partial charge >= 0.3 is 0 Å². The molecule has 0 spiro atoms. The number of hydrogen-bond acceptors (Lipinski definition) is 3. The van der Waals surface area contributed by atoms with E-state index in [2.05, 4.69) is 17.4 Å². The highest BCUT2D eigenvalue weighted by Crippen LogP contribution is 2.29. The van der Waals surface area contributed by atoms with Crippen LogP contribution in [0.2, 0.25) is 0 Å². The van der Waals surface area contributed by atoms with E-state index in [0.29, 0.717) is 19.2 Å². The van der Waals surface area contributed by atoms with E-state index in [0.717, 1.165) is 12.2 Å². The van der Waals surface area contributed by atoms with E-state index in [1.807, 2.05) is 13.0 Å². The third-order valence-electron chi connectivity index (χ3n) is 2.50. The van der Waals surface area contributed by atoms with Crippen molar-refractivity contribution in [3.63, 3.8) is 0 Å². The Bertz CT molecular complexity index is 325. The summed E-state index contributed by atoms with van der Waals surface area (Å²) in [7, 11) is 0. The van der Waals surface area contributed by atoms with Gasteiger partial charge in [-0.25, -0.2) is 0 Å². The van der Waals surface area contributed by atoms with Gasteiger partial charge in [0.25, 0.3) is 0 Å². The zero-order valence-electron chi connectivity index (χ0n) is 8.42. The molecule has 76 valence electrons. The van der Waals surface area contributed by atoms with Gasteiger partial charge in [-0.1, -0.05) is 0 Å². The number of nitrogens with one attached hydrogen (secondary N) is 1. The number of hydrogen-bond donors (Lipinski definition) is 2. The van der Waals surface area contributed by atoms with Crippen LogP contribution >= 0.6 is 0 Å². The van der Waals surface area contributed by atoms with Gasteiger partial charge in [-0.3, -0.25) is 0 Å². The van der Waals surface area contributed by atoms with Gasteiger partial charge in [-0.15, -0.1) is 0 Å². The van der Waals surface area contributed by atoms with E-state index in [1.54, 1.807) is 0 Å². The maximum atomic E-state index is 5.62. The number of ether oxygens (including phenoxy) is 1. The molecule has 1 aliphatic heterocycles. The fourth-order valence-electron chi connectivity index (χ4n) is 1.81. The Hall–Kier alpha value is -1.22. The predicted octanol–water partition coefficient (Wildman–Crippen LogP) is 1.38. The van der Waals surface area contributed by atoms with Crippen LogP contribution < -0.4 is 15.8 Å². The average Bonchev–Trinajstić information content (AvgIpc) is 2.60. The molecule has 1 atom stereocenters. The van der Waals surface area contributed by atoms with Crippen molar-refractivity contribution < 1.29 is 4.74 Å². The smallest absolute Gasteiger partial charge is 0.119 e. The minimum Gasteiger partial charge on any atom is -0.494 e. The van der Waals surface area contributed by atoms with Crippen molar-refractivity contribution in [1.29, 1.82) is 0 Å². The molecule has 0 fully saturated rings.